The number of halogens is 2. The minimum absolute atomic E-state index is 0.173. The molecular formula is C18H18F2N2O3. The number of nitrogens with one attached hydrogen (secondary N) is 2. The van der Waals surface area contributed by atoms with Gasteiger partial charge in [-0.15, -0.1) is 0 Å². The van der Waals surface area contributed by atoms with Crippen molar-refractivity contribution in [2.24, 2.45) is 0 Å². The summed E-state index contributed by atoms with van der Waals surface area (Å²) in [5.74, 6) is -2.09. The zero-order valence-corrected chi connectivity index (χ0v) is 13.6. The third kappa shape index (κ3) is 5.56. The molecule has 2 aromatic rings. The Morgan fingerprint density at radius 3 is 2.56 bits per heavy atom. The van der Waals surface area contributed by atoms with Gasteiger partial charge >= 0.3 is 0 Å². The molecule has 25 heavy (non-hydrogen) atoms. The van der Waals surface area contributed by atoms with Gasteiger partial charge in [-0.25, -0.2) is 8.78 Å². The zero-order chi connectivity index (χ0) is 18.2. The van der Waals surface area contributed by atoms with Crippen LogP contribution in [0.15, 0.2) is 42.5 Å². The average molecular weight is 348 g/mol. The van der Waals surface area contributed by atoms with E-state index in [4.69, 9.17) is 4.74 Å². The van der Waals surface area contributed by atoms with Crippen LogP contribution in [-0.2, 0) is 16.0 Å². The first-order chi connectivity index (χ1) is 12.0. The van der Waals surface area contributed by atoms with Crippen LogP contribution in [0.25, 0.3) is 0 Å². The molecule has 0 atom stereocenters. The van der Waals surface area contributed by atoms with E-state index in [1.165, 1.54) is 0 Å². The summed E-state index contributed by atoms with van der Waals surface area (Å²) in [6.07, 6.45) is 0.0900. The molecule has 0 heterocycles. The molecule has 0 unspecified atom stereocenters. The van der Waals surface area contributed by atoms with Gasteiger partial charge in [0.2, 0.25) is 11.8 Å². The summed E-state index contributed by atoms with van der Waals surface area (Å²) in [4.78, 5) is 23.5. The number of amides is 2. The molecule has 0 aromatic heterocycles. The molecule has 2 amide bonds. The van der Waals surface area contributed by atoms with Crippen LogP contribution in [0.4, 0.5) is 14.5 Å². The second kappa shape index (κ2) is 8.77. The maximum Gasteiger partial charge on any atom is 0.233 e. The highest BCUT2D eigenvalue weighted by Crippen LogP contribution is 2.17. The fraction of sp³-hybridized carbons (Fsp3) is 0.222. The predicted octanol–water partition coefficient (Wildman–Crippen LogP) is 2.66. The van der Waals surface area contributed by atoms with Gasteiger partial charge in [-0.1, -0.05) is 18.2 Å². The van der Waals surface area contributed by atoms with Crippen LogP contribution in [0, 0.1) is 11.6 Å². The number of para-hydroxylation sites is 1. The Labute approximate surface area is 144 Å². The van der Waals surface area contributed by atoms with Gasteiger partial charge in [0, 0.05) is 12.6 Å². The summed E-state index contributed by atoms with van der Waals surface area (Å²) in [5, 5.41) is 4.85. The van der Waals surface area contributed by atoms with Gasteiger partial charge in [-0.3, -0.25) is 9.59 Å². The Kier molecular flexibility index (Phi) is 6.45. The number of carbonyl (C=O) groups excluding carboxylic acids is 2. The Hall–Kier alpha value is -2.96. The second-order valence-corrected chi connectivity index (χ2v) is 5.26. The number of anilines is 1. The smallest absolute Gasteiger partial charge is 0.233 e. The van der Waals surface area contributed by atoms with E-state index in [0.717, 1.165) is 23.4 Å². The van der Waals surface area contributed by atoms with Gasteiger partial charge in [0.1, 0.15) is 23.8 Å². The van der Waals surface area contributed by atoms with Crippen LogP contribution in [0.2, 0.25) is 0 Å². The summed E-state index contributed by atoms with van der Waals surface area (Å²) < 4.78 is 31.5. The Morgan fingerprint density at radius 2 is 1.84 bits per heavy atom. The normalized spacial score (nSPS) is 10.2. The molecule has 0 bridgehead atoms. The van der Waals surface area contributed by atoms with Gasteiger partial charge in [0.05, 0.1) is 12.8 Å². The van der Waals surface area contributed by atoms with E-state index in [9.17, 15) is 18.4 Å². The summed E-state index contributed by atoms with van der Waals surface area (Å²) in [6, 6.07) is 10.2. The molecule has 0 spiro atoms. The van der Waals surface area contributed by atoms with Crippen molar-refractivity contribution in [1.82, 2.24) is 5.32 Å². The van der Waals surface area contributed by atoms with Crippen molar-refractivity contribution in [3.8, 4) is 5.75 Å². The summed E-state index contributed by atoms with van der Waals surface area (Å²) in [6.45, 7) is 0.331. The quantitative estimate of drug-likeness (QED) is 0.756. The Bertz CT molecular complexity index is 766. The maximum absolute atomic E-state index is 13.4. The van der Waals surface area contributed by atoms with E-state index >= 15 is 0 Å². The first-order valence-electron chi connectivity index (χ1n) is 7.63. The van der Waals surface area contributed by atoms with E-state index in [-0.39, 0.29) is 5.69 Å². The lowest BCUT2D eigenvalue weighted by molar-refractivity contribution is -0.126. The topological polar surface area (TPSA) is 67.4 Å². The standard InChI is InChI=1S/C18H18F2N2O3/c1-25-16-5-3-2-4-12(16)8-9-21-17(23)11-18(24)22-15-7-6-13(19)10-14(15)20/h2-7,10H,8-9,11H2,1H3,(H,21,23)(H,22,24). The lowest BCUT2D eigenvalue weighted by atomic mass is 10.1. The maximum atomic E-state index is 13.4. The number of carbonyl (C=O) groups is 2. The van der Waals surface area contributed by atoms with E-state index in [1.807, 2.05) is 24.3 Å². The van der Waals surface area contributed by atoms with Crippen LogP contribution in [-0.4, -0.2) is 25.5 Å². The van der Waals surface area contributed by atoms with Gasteiger partial charge in [0.15, 0.2) is 0 Å². The molecule has 0 saturated carbocycles. The molecule has 0 saturated heterocycles. The minimum Gasteiger partial charge on any atom is -0.496 e. The highest BCUT2D eigenvalue weighted by Gasteiger charge is 2.12. The second-order valence-electron chi connectivity index (χ2n) is 5.26. The summed E-state index contributed by atoms with van der Waals surface area (Å²) in [7, 11) is 1.57. The van der Waals surface area contributed by atoms with Crippen LogP contribution in [0.3, 0.4) is 0 Å². The van der Waals surface area contributed by atoms with E-state index < -0.39 is 29.9 Å². The average Bonchev–Trinajstić information content (AvgIpc) is 2.58. The zero-order valence-electron chi connectivity index (χ0n) is 13.6. The fourth-order valence-electron chi connectivity index (χ4n) is 2.24. The SMILES string of the molecule is COc1ccccc1CCNC(=O)CC(=O)Nc1ccc(F)cc1F. The fourth-order valence-corrected chi connectivity index (χ4v) is 2.24. The monoisotopic (exact) mass is 348 g/mol. The molecule has 2 aromatic carbocycles. The van der Waals surface area contributed by atoms with E-state index in [2.05, 4.69) is 10.6 Å². The highest BCUT2D eigenvalue weighted by atomic mass is 19.1. The third-order valence-corrected chi connectivity index (χ3v) is 3.44. The van der Waals surface area contributed by atoms with Crippen LogP contribution < -0.4 is 15.4 Å². The highest BCUT2D eigenvalue weighted by molar-refractivity contribution is 6.03. The minimum atomic E-state index is -0.898. The van der Waals surface area contributed by atoms with Gasteiger partial charge < -0.3 is 15.4 Å². The van der Waals surface area contributed by atoms with Crippen molar-refractivity contribution in [1.29, 1.82) is 0 Å². The lowest BCUT2D eigenvalue weighted by Crippen LogP contribution is -2.29. The molecule has 2 N–H and O–H groups in total. The first kappa shape index (κ1) is 18.4. The molecule has 0 aliphatic carbocycles. The Balaban J connectivity index is 1.78. The number of rotatable bonds is 7. The van der Waals surface area contributed by atoms with Crippen LogP contribution >= 0.6 is 0 Å². The van der Waals surface area contributed by atoms with Crippen molar-refractivity contribution < 1.29 is 23.1 Å². The summed E-state index contributed by atoms with van der Waals surface area (Å²) in [5.41, 5.74) is 0.761. The van der Waals surface area contributed by atoms with E-state index in [0.29, 0.717) is 19.0 Å². The van der Waals surface area contributed by atoms with Crippen molar-refractivity contribution in [3.05, 3.63) is 59.7 Å². The molecule has 5 nitrogen and oxygen atoms in total. The molecule has 0 fully saturated rings. The van der Waals surface area contributed by atoms with Crippen molar-refractivity contribution in [3.63, 3.8) is 0 Å². The third-order valence-electron chi connectivity index (χ3n) is 3.44. The van der Waals surface area contributed by atoms with Crippen molar-refractivity contribution in [2.45, 2.75) is 12.8 Å². The number of hydrogen-bond acceptors (Lipinski definition) is 3. The number of hydrogen-bond donors (Lipinski definition) is 2. The largest absolute Gasteiger partial charge is 0.496 e. The molecule has 0 aliphatic rings. The van der Waals surface area contributed by atoms with Crippen LogP contribution in [0.1, 0.15) is 12.0 Å². The molecule has 0 radical (unpaired) electrons. The van der Waals surface area contributed by atoms with E-state index in [1.54, 1.807) is 7.11 Å². The summed E-state index contributed by atoms with van der Waals surface area (Å²) >= 11 is 0. The first-order valence-corrected chi connectivity index (χ1v) is 7.63. The number of benzene rings is 2. The number of methoxy groups -OCH3 is 1. The van der Waals surface area contributed by atoms with Crippen molar-refractivity contribution >= 4 is 17.5 Å². The number of ether oxygens (including phenoxy) is 1. The van der Waals surface area contributed by atoms with Gasteiger partial charge in [0.25, 0.3) is 0 Å². The molecule has 7 heteroatoms. The van der Waals surface area contributed by atoms with Gasteiger partial charge in [-0.05, 0) is 30.2 Å². The molecular weight excluding hydrogens is 330 g/mol. The molecule has 0 aliphatic heterocycles. The predicted molar refractivity (Wildman–Crippen MR) is 89.3 cm³/mol. The lowest BCUT2D eigenvalue weighted by Gasteiger charge is -2.09. The van der Waals surface area contributed by atoms with Gasteiger partial charge in [-0.2, -0.15) is 0 Å². The Morgan fingerprint density at radius 1 is 1.08 bits per heavy atom. The molecule has 132 valence electrons. The molecule has 2 rings (SSSR count). The van der Waals surface area contributed by atoms with Crippen molar-refractivity contribution in [2.75, 3.05) is 19.0 Å². The van der Waals surface area contributed by atoms with Crippen LogP contribution in [0.5, 0.6) is 5.75 Å².